The maximum atomic E-state index is 13.1. The number of anilines is 1. The molecular weight excluding hydrogens is 223 g/mol. The predicted molar refractivity (Wildman–Crippen MR) is 64.7 cm³/mol. The van der Waals surface area contributed by atoms with Gasteiger partial charge in [0, 0.05) is 24.7 Å². The van der Waals surface area contributed by atoms with Gasteiger partial charge in [0.1, 0.15) is 0 Å². The molecule has 2 N–H and O–H groups in total. The number of amides is 1. The van der Waals surface area contributed by atoms with Crippen LogP contribution in [0.1, 0.15) is 13.3 Å². The molecule has 0 aliphatic rings. The average Bonchev–Trinajstić information content (AvgIpc) is 2.32. The summed E-state index contributed by atoms with van der Waals surface area (Å²) in [5.41, 5.74) is 0.532. The number of rotatable bonds is 6. The van der Waals surface area contributed by atoms with E-state index in [1.807, 2.05) is 6.92 Å². The lowest BCUT2D eigenvalue weighted by molar-refractivity contribution is -0.116. The highest BCUT2D eigenvalue weighted by molar-refractivity contribution is 5.91. The molecule has 0 spiro atoms. The van der Waals surface area contributed by atoms with Crippen molar-refractivity contribution in [1.82, 2.24) is 5.32 Å². The summed E-state index contributed by atoms with van der Waals surface area (Å²) in [5.74, 6) is -0.438. The first-order chi connectivity index (χ1) is 8.17. The summed E-state index contributed by atoms with van der Waals surface area (Å²) in [6.45, 7) is 3.43. The highest BCUT2D eigenvalue weighted by Crippen LogP contribution is 2.21. The van der Waals surface area contributed by atoms with Crippen LogP contribution in [-0.4, -0.2) is 26.1 Å². The Kier molecular flexibility index (Phi) is 5.42. The number of carbonyl (C=O) groups is 1. The maximum Gasteiger partial charge on any atom is 0.225 e. The van der Waals surface area contributed by atoms with E-state index >= 15 is 0 Å². The zero-order chi connectivity index (χ0) is 12.7. The number of ether oxygens (including phenoxy) is 1. The fourth-order valence-electron chi connectivity index (χ4n) is 1.34. The molecule has 1 amide bonds. The predicted octanol–water partition coefficient (Wildman–Crippen LogP) is 1.77. The van der Waals surface area contributed by atoms with Gasteiger partial charge in [0.2, 0.25) is 5.91 Å². The van der Waals surface area contributed by atoms with Crippen LogP contribution in [0.15, 0.2) is 18.2 Å². The Hall–Kier alpha value is -1.62. The zero-order valence-corrected chi connectivity index (χ0v) is 10.0. The minimum atomic E-state index is -0.446. The fourth-order valence-corrected chi connectivity index (χ4v) is 1.34. The van der Waals surface area contributed by atoms with Gasteiger partial charge in [-0.05, 0) is 18.7 Å². The van der Waals surface area contributed by atoms with Gasteiger partial charge in [-0.3, -0.25) is 4.79 Å². The van der Waals surface area contributed by atoms with Gasteiger partial charge in [0.25, 0.3) is 0 Å². The van der Waals surface area contributed by atoms with E-state index < -0.39 is 5.82 Å². The summed E-state index contributed by atoms with van der Waals surface area (Å²) < 4.78 is 17.9. The van der Waals surface area contributed by atoms with Gasteiger partial charge in [0.15, 0.2) is 11.6 Å². The van der Waals surface area contributed by atoms with Crippen LogP contribution >= 0.6 is 0 Å². The van der Waals surface area contributed by atoms with Crippen molar-refractivity contribution < 1.29 is 13.9 Å². The molecule has 1 rings (SSSR count). The van der Waals surface area contributed by atoms with Crippen LogP contribution in [0.2, 0.25) is 0 Å². The first kappa shape index (κ1) is 13.4. The van der Waals surface area contributed by atoms with Crippen molar-refractivity contribution in [1.29, 1.82) is 0 Å². The van der Waals surface area contributed by atoms with E-state index in [1.54, 1.807) is 0 Å². The standard InChI is InChI=1S/C12H17FN2O2/c1-3-14-7-6-12(16)15-9-4-5-10(13)11(8-9)17-2/h4-5,8,14H,3,6-7H2,1-2H3,(H,15,16). The third kappa shape index (κ3) is 4.40. The molecule has 0 bridgehead atoms. The topological polar surface area (TPSA) is 50.4 Å². The van der Waals surface area contributed by atoms with Crippen molar-refractivity contribution in [3.8, 4) is 5.75 Å². The second-order valence-corrected chi connectivity index (χ2v) is 3.50. The van der Waals surface area contributed by atoms with E-state index in [1.165, 1.54) is 25.3 Å². The van der Waals surface area contributed by atoms with E-state index in [0.29, 0.717) is 18.7 Å². The molecule has 4 nitrogen and oxygen atoms in total. The molecule has 5 heteroatoms. The van der Waals surface area contributed by atoms with Crippen LogP contribution in [0.5, 0.6) is 5.75 Å². The molecule has 0 aliphatic heterocycles. The minimum Gasteiger partial charge on any atom is -0.494 e. The summed E-state index contributed by atoms with van der Waals surface area (Å²) in [4.78, 5) is 11.5. The molecule has 1 aromatic carbocycles. The average molecular weight is 240 g/mol. The monoisotopic (exact) mass is 240 g/mol. The summed E-state index contributed by atoms with van der Waals surface area (Å²) in [6, 6.07) is 4.22. The molecule has 0 unspecified atom stereocenters. The highest BCUT2D eigenvalue weighted by atomic mass is 19.1. The molecule has 94 valence electrons. The Morgan fingerprint density at radius 3 is 2.88 bits per heavy atom. The first-order valence-corrected chi connectivity index (χ1v) is 5.51. The Morgan fingerprint density at radius 1 is 1.47 bits per heavy atom. The molecular formula is C12H17FN2O2. The van der Waals surface area contributed by atoms with Crippen LogP contribution in [-0.2, 0) is 4.79 Å². The van der Waals surface area contributed by atoms with Gasteiger partial charge in [-0.15, -0.1) is 0 Å². The Labute approximate surface area is 100 Å². The van der Waals surface area contributed by atoms with Gasteiger partial charge in [-0.2, -0.15) is 0 Å². The van der Waals surface area contributed by atoms with Crippen molar-refractivity contribution >= 4 is 11.6 Å². The molecule has 0 atom stereocenters. The lowest BCUT2D eigenvalue weighted by Crippen LogP contribution is -2.21. The van der Waals surface area contributed by atoms with Crippen molar-refractivity contribution in [2.24, 2.45) is 0 Å². The Morgan fingerprint density at radius 2 is 2.24 bits per heavy atom. The lowest BCUT2D eigenvalue weighted by Gasteiger charge is -2.08. The van der Waals surface area contributed by atoms with Gasteiger partial charge in [-0.25, -0.2) is 4.39 Å². The van der Waals surface area contributed by atoms with E-state index in [0.717, 1.165) is 6.54 Å². The third-order valence-electron chi connectivity index (χ3n) is 2.21. The summed E-state index contributed by atoms with van der Waals surface area (Å²) >= 11 is 0. The molecule has 0 saturated heterocycles. The SMILES string of the molecule is CCNCCC(=O)Nc1ccc(F)c(OC)c1. The van der Waals surface area contributed by atoms with E-state index in [2.05, 4.69) is 10.6 Å². The smallest absolute Gasteiger partial charge is 0.225 e. The normalized spacial score (nSPS) is 10.1. The molecule has 17 heavy (non-hydrogen) atoms. The van der Waals surface area contributed by atoms with Gasteiger partial charge < -0.3 is 15.4 Å². The van der Waals surface area contributed by atoms with Crippen molar-refractivity contribution in [3.05, 3.63) is 24.0 Å². The molecule has 0 aliphatic carbocycles. The molecule has 1 aromatic rings. The van der Waals surface area contributed by atoms with E-state index in [4.69, 9.17) is 4.74 Å². The van der Waals surface area contributed by atoms with Crippen molar-refractivity contribution in [2.75, 3.05) is 25.5 Å². The molecule has 0 fully saturated rings. The minimum absolute atomic E-state index is 0.111. The van der Waals surface area contributed by atoms with E-state index in [-0.39, 0.29) is 11.7 Å². The number of hydrogen-bond acceptors (Lipinski definition) is 3. The Balaban J connectivity index is 2.53. The molecule has 0 radical (unpaired) electrons. The summed E-state index contributed by atoms with van der Waals surface area (Å²) in [6.07, 6.45) is 0.382. The van der Waals surface area contributed by atoms with Crippen LogP contribution in [0.25, 0.3) is 0 Å². The number of nitrogens with one attached hydrogen (secondary N) is 2. The Bertz CT molecular complexity index is 383. The number of methoxy groups -OCH3 is 1. The molecule has 0 aromatic heterocycles. The number of benzene rings is 1. The number of hydrogen-bond donors (Lipinski definition) is 2. The van der Waals surface area contributed by atoms with Crippen LogP contribution < -0.4 is 15.4 Å². The number of carbonyl (C=O) groups excluding carboxylic acids is 1. The first-order valence-electron chi connectivity index (χ1n) is 5.51. The molecule has 0 saturated carbocycles. The largest absolute Gasteiger partial charge is 0.494 e. The quantitative estimate of drug-likeness (QED) is 0.745. The third-order valence-corrected chi connectivity index (χ3v) is 2.21. The lowest BCUT2D eigenvalue weighted by atomic mass is 10.2. The van der Waals surface area contributed by atoms with Crippen LogP contribution in [0.4, 0.5) is 10.1 Å². The maximum absolute atomic E-state index is 13.1. The second-order valence-electron chi connectivity index (χ2n) is 3.50. The molecule has 0 heterocycles. The summed E-state index contributed by atoms with van der Waals surface area (Å²) in [5, 5.41) is 5.73. The van der Waals surface area contributed by atoms with Gasteiger partial charge in [-0.1, -0.05) is 6.92 Å². The fraction of sp³-hybridized carbons (Fsp3) is 0.417. The highest BCUT2D eigenvalue weighted by Gasteiger charge is 2.06. The van der Waals surface area contributed by atoms with E-state index in [9.17, 15) is 9.18 Å². The van der Waals surface area contributed by atoms with Gasteiger partial charge in [0.05, 0.1) is 7.11 Å². The van der Waals surface area contributed by atoms with Crippen molar-refractivity contribution in [3.63, 3.8) is 0 Å². The van der Waals surface area contributed by atoms with Gasteiger partial charge >= 0.3 is 0 Å². The second kappa shape index (κ2) is 6.85. The van der Waals surface area contributed by atoms with Crippen molar-refractivity contribution in [2.45, 2.75) is 13.3 Å². The summed E-state index contributed by atoms with van der Waals surface area (Å²) in [7, 11) is 1.38. The van der Waals surface area contributed by atoms with Crippen LogP contribution in [0, 0.1) is 5.82 Å². The van der Waals surface area contributed by atoms with Crippen LogP contribution in [0.3, 0.4) is 0 Å². The number of halogens is 1. The zero-order valence-electron chi connectivity index (χ0n) is 10.0.